The minimum atomic E-state index is -0.825. The molecule has 0 amide bonds. The van der Waals surface area contributed by atoms with Gasteiger partial charge in [-0.2, -0.15) is 0 Å². The highest BCUT2D eigenvalue weighted by atomic mass is 19.1. The number of carbonyl (C=O) groups is 1. The van der Waals surface area contributed by atoms with E-state index in [9.17, 15) is 24.1 Å². The van der Waals surface area contributed by atoms with E-state index in [0.717, 1.165) is 13.1 Å². The number of nitro benzene ring substituents is 1. The molecule has 1 aliphatic rings. The van der Waals surface area contributed by atoms with Gasteiger partial charge in [-0.3, -0.25) is 14.9 Å². The van der Waals surface area contributed by atoms with Crippen LogP contribution in [0.15, 0.2) is 41.3 Å². The van der Waals surface area contributed by atoms with Crippen LogP contribution in [0.1, 0.15) is 22.8 Å². The van der Waals surface area contributed by atoms with Crippen LogP contribution in [0.2, 0.25) is 0 Å². The van der Waals surface area contributed by atoms with Crippen LogP contribution in [0.3, 0.4) is 0 Å². The summed E-state index contributed by atoms with van der Waals surface area (Å²) >= 11 is 0. The number of carbonyl (C=O) groups excluding carboxylic acids is 1. The molecule has 0 N–H and O–H groups in total. The fourth-order valence-electron chi connectivity index (χ4n) is 4.39. The molecule has 0 radical (unpaired) electrons. The third-order valence-corrected chi connectivity index (χ3v) is 6.09. The van der Waals surface area contributed by atoms with Crippen molar-refractivity contribution in [1.82, 2.24) is 9.47 Å². The van der Waals surface area contributed by atoms with Gasteiger partial charge in [0.25, 0.3) is 5.69 Å². The van der Waals surface area contributed by atoms with Gasteiger partial charge in [-0.15, -0.1) is 0 Å². The molecule has 0 saturated carbocycles. The van der Waals surface area contributed by atoms with Crippen LogP contribution in [0.25, 0.3) is 16.6 Å². The third kappa shape index (κ3) is 4.12. The van der Waals surface area contributed by atoms with Crippen LogP contribution in [-0.4, -0.2) is 60.2 Å². The summed E-state index contributed by atoms with van der Waals surface area (Å²) in [6.07, 6.45) is 1.36. The number of pyridine rings is 1. The molecule has 0 unspecified atom stereocenters. The van der Waals surface area contributed by atoms with Crippen molar-refractivity contribution in [3.8, 4) is 5.69 Å². The predicted octanol–water partition coefficient (Wildman–Crippen LogP) is 3.27. The fourth-order valence-corrected chi connectivity index (χ4v) is 4.39. The quantitative estimate of drug-likeness (QED) is 0.322. The molecule has 2 aromatic carbocycles. The monoisotopic (exact) mass is 468 g/mol. The topological polar surface area (TPSA) is 97.9 Å². The first kappa shape index (κ1) is 23.4. The van der Waals surface area contributed by atoms with E-state index in [2.05, 4.69) is 4.90 Å². The van der Waals surface area contributed by atoms with Crippen LogP contribution in [0, 0.1) is 22.9 Å². The minimum Gasteiger partial charge on any atom is -0.462 e. The summed E-state index contributed by atoms with van der Waals surface area (Å²) in [6, 6.07) is 6.81. The molecule has 0 spiro atoms. The smallest absolute Gasteiger partial charge is 0.343 e. The van der Waals surface area contributed by atoms with Crippen molar-refractivity contribution in [2.24, 2.45) is 0 Å². The molecule has 9 nitrogen and oxygen atoms in total. The number of aromatic nitrogens is 1. The Labute approximate surface area is 195 Å². The van der Waals surface area contributed by atoms with Crippen LogP contribution >= 0.6 is 0 Å². The zero-order valence-electron chi connectivity index (χ0n) is 19.2. The van der Waals surface area contributed by atoms with Gasteiger partial charge in [0.05, 0.1) is 22.4 Å². The number of aryl methyl sites for hydroxylation is 1. The van der Waals surface area contributed by atoms with Gasteiger partial charge >= 0.3 is 5.97 Å². The maximum Gasteiger partial charge on any atom is 0.343 e. The lowest BCUT2D eigenvalue weighted by Gasteiger charge is -2.35. The lowest BCUT2D eigenvalue weighted by Crippen LogP contribution is -2.45. The number of ether oxygens (including phenoxy) is 1. The average Bonchev–Trinajstić information content (AvgIpc) is 2.81. The molecule has 2 heterocycles. The number of nitro groups is 1. The van der Waals surface area contributed by atoms with Gasteiger partial charge in [0, 0.05) is 49.7 Å². The highest BCUT2D eigenvalue weighted by molar-refractivity contribution is 5.98. The number of hydrogen-bond donors (Lipinski definition) is 0. The Balaban J connectivity index is 2.08. The van der Waals surface area contributed by atoms with Crippen molar-refractivity contribution in [1.29, 1.82) is 0 Å². The molecule has 1 aromatic heterocycles. The standard InChI is InChI=1S/C24H25FN4O5/c1-4-34-24(31)19-14-28(17-7-5-16(25)6-8-17)21-15(2)22(27-11-9-26(3)10-12-27)20(29(32)33)13-18(21)23(19)30/h5-8,13-14H,4,9-12H2,1-3H3. The van der Waals surface area contributed by atoms with E-state index in [4.69, 9.17) is 4.74 Å². The number of piperazine rings is 1. The molecule has 4 rings (SSSR count). The van der Waals surface area contributed by atoms with Gasteiger partial charge in [0.2, 0.25) is 5.43 Å². The minimum absolute atomic E-state index is 0.0250. The maximum atomic E-state index is 13.6. The summed E-state index contributed by atoms with van der Waals surface area (Å²) in [7, 11) is 1.99. The van der Waals surface area contributed by atoms with Crippen LogP contribution < -0.4 is 10.3 Å². The second kappa shape index (κ2) is 9.22. The molecular weight excluding hydrogens is 443 g/mol. The van der Waals surface area contributed by atoms with E-state index in [-0.39, 0.29) is 23.2 Å². The lowest BCUT2D eigenvalue weighted by atomic mass is 10.0. The Morgan fingerprint density at radius 2 is 1.82 bits per heavy atom. The first-order valence-corrected chi connectivity index (χ1v) is 11.0. The summed E-state index contributed by atoms with van der Waals surface area (Å²) < 4.78 is 20.3. The predicted molar refractivity (Wildman–Crippen MR) is 127 cm³/mol. The summed E-state index contributed by atoms with van der Waals surface area (Å²) in [5.74, 6) is -1.26. The number of hydrogen-bond acceptors (Lipinski definition) is 7. The lowest BCUT2D eigenvalue weighted by molar-refractivity contribution is -0.384. The van der Waals surface area contributed by atoms with Crippen molar-refractivity contribution >= 4 is 28.2 Å². The van der Waals surface area contributed by atoms with Crippen LogP contribution in [0.4, 0.5) is 15.8 Å². The van der Waals surface area contributed by atoms with E-state index < -0.39 is 22.1 Å². The molecule has 3 aromatic rings. The fraction of sp³-hybridized carbons (Fsp3) is 0.333. The second-order valence-electron chi connectivity index (χ2n) is 8.25. The van der Waals surface area contributed by atoms with Crippen molar-refractivity contribution in [3.63, 3.8) is 0 Å². The molecule has 1 aliphatic heterocycles. The number of esters is 1. The van der Waals surface area contributed by atoms with E-state index >= 15 is 0 Å². The van der Waals surface area contributed by atoms with Gasteiger partial charge in [-0.1, -0.05) is 0 Å². The summed E-state index contributed by atoms with van der Waals surface area (Å²) in [5, 5.41) is 12.1. The summed E-state index contributed by atoms with van der Waals surface area (Å²) in [4.78, 5) is 41.5. The van der Waals surface area contributed by atoms with Gasteiger partial charge in [-0.05, 0) is 45.2 Å². The van der Waals surface area contributed by atoms with Gasteiger partial charge in [-0.25, -0.2) is 9.18 Å². The van der Waals surface area contributed by atoms with Crippen LogP contribution in [-0.2, 0) is 4.74 Å². The van der Waals surface area contributed by atoms with Gasteiger partial charge in [0.15, 0.2) is 0 Å². The number of fused-ring (bicyclic) bond motifs is 1. The molecule has 0 aliphatic carbocycles. The number of rotatable bonds is 5. The Hall–Kier alpha value is -3.79. The summed E-state index contributed by atoms with van der Waals surface area (Å²) in [6.45, 7) is 6.06. The first-order chi connectivity index (χ1) is 16.2. The Kier molecular flexibility index (Phi) is 6.34. The van der Waals surface area contributed by atoms with Crippen molar-refractivity contribution < 1.29 is 18.8 Å². The average molecular weight is 468 g/mol. The number of halogens is 1. The molecule has 0 atom stereocenters. The Morgan fingerprint density at radius 3 is 2.41 bits per heavy atom. The third-order valence-electron chi connectivity index (χ3n) is 6.09. The molecule has 10 heteroatoms. The SMILES string of the molecule is CCOC(=O)c1cn(-c2ccc(F)cc2)c2c(C)c(N3CCN(C)CC3)c([N+](=O)[O-])cc2c1=O. The molecule has 1 fully saturated rings. The van der Waals surface area contributed by atoms with Gasteiger partial charge in [0.1, 0.15) is 17.1 Å². The number of nitrogens with zero attached hydrogens (tertiary/aromatic N) is 4. The summed E-state index contributed by atoms with van der Waals surface area (Å²) in [5.41, 5.74) is 0.790. The molecular formula is C24H25FN4O5. The normalized spacial score (nSPS) is 14.4. The van der Waals surface area contributed by atoms with E-state index in [0.29, 0.717) is 35.5 Å². The first-order valence-electron chi connectivity index (χ1n) is 11.0. The maximum absolute atomic E-state index is 13.6. The highest BCUT2D eigenvalue weighted by Gasteiger charge is 2.29. The van der Waals surface area contributed by atoms with E-state index in [1.165, 1.54) is 36.5 Å². The molecule has 0 bridgehead atoms. The molecule has 1 saturated heterocycles. The zero-order valence-corrected chi connectivity index (χ0v) is 19.2. The second-order valence-corrected chi connectivity index (χ2v) is 8.25. The Bertz CT molecular complexity index is 1330. The van der Waals surface area contributed by atoms with Crippen molar-refractivity contribution in [3.05, 3.63) is 73.8 Å². The molecule has 178 valence electrons. The van der Waals surface area contributed by atoms with Crippen LogP contribution in [0.5, 0.6) is 0 Å². The number of anilines is 1. The van der Waals surface area contributed by atoms with Gasteiger partial charge < -0.3 is 19.1 Å². The van der Waals surface area contributed by atoms with Crippen molar-refractivity contribution in [2.75, 3.05) is 44.7 Å². The number of benzene rings is 2. The van der Waals surface area contributed by atoms with Crippen molar-refractivity contribution in [2.45, 2.75) is 13.8 Å². The largest absolute Gasteiger partial charge is 0.462 e. The van der Waals surface area contributed by atoms with E-state index in [1.807, 2.05) is 11.9 Å². The Morgan fingerprint density at radius 1 is 1.18 bits per heavy atom. The van der Waals surface area contributed by atoms with E-state index in [1.54, 1.807) is 18.4 Å². The number of likely N-dealkylation sites (N-methyl/N-ethyl adjacent to an activating group) is 1. The zero-order chi connectivity index (χ0) is 24.6. The molecule has 34 heavy (non-hydrogen) atoms. The highest BCUT2D eigenvalue weighted by Crippen LogP contribution is 2.38.